The molecule has 0 saturated carbocycles. The highest BCUT2D eigenvalue weighted by Gasteiger charge is 2.37. The van der Waals surface area contributed by atoms with Crippen LogP contribution in [0.1, 0.15) is 29.7 Å². The molecule has 4 aromatic rings. The molecule has 0 radical (unpaired) electrons. The molecular weight excluding hydrogens is 534 g/mol. The molecule has 2 aliphatic rings. The Morgan fingerprint density at radius 3 is 2.41 bits per heavy atom. The molecule has 0 unspecified atom stereocenters. The van der Waals surface area contributed by atoms with Crippen molar-refractivity contribution >= 4 is 51.8 Å². The predicted molar refractivity (Wildman–Crippen MR) is 151 cm³/mol. The van der Waals surface area contributed by atoms with Gasteiger partial charge in [0.05, 0.1) is 35.2 Å². The molecule has 39 heavy (non-hydrogen) atoms. The minimum absolute atomic E-state index is 0.157. The minimum atomic E-state index is -0.841. The fraction of sp³-hybridized carbons (Fsp3) is 0.133. The van der Waals surface area contributed by atoms with Crippen LogP contribution in [0, 0.1) is 0 Å². The van der Waals surface area contributed by atoms with Crippen LogP contribution in [-0.4, -0.2) is 30.1 Å². The molecule has 3 heterocycles. The maximum Gasteiger partial charge on any atom is 0.338 e. The second kappa shape index (κ2) is 9.80. The highest BCUT2D eigenvalue weighted by molar-refractivity contribution is 7.07. The van der Waals surface area contributed by atoms with Gasteiger partial charge in [0.2, 0.25) is 0 Å². The van der Waals surface area contributed by atoms with Crippen LogP contribution in [0.2, 0.25) is 5.02 Å². The van der Waals surface area contributed by atoms with Gasteiger partial charge in [-0.3, -0.25) is 14.2 Å². The van der Waals surface area contributed by atoms with Gasteiger partial charge in [-0.2, -0.15) is 0 Å². The van der Waals surface area contributed by atoms with Crippen LogP contribution in [0.5, 0.6) is 0 Å². The summed E-state index contributed by atoms with van der Waals surface area (Å²) in [7, 11) is 1.69. The summed E-state index contributed by atoms with van der Waals surface area (Å²) in [4.78, 5) is 47.9. The number of carbonyl (C=O) groups excluding carboxylic acids is 2. The number of hydrogen-bond acceptors (Lipinski definition) is 6. The molecule has 0 saturated heterocycles. The van der Waals surface area contributed by atoms with E-state index in [2.05, 4.69) is 0 Å². The largest absolute Gasteiger partial charge is 0.463 e. The van der Waals surface area contributed by atoms with Crippen LogP contribution in [0.25, 0.3) is 11.3 Å². The third kappa shape index (κ3) is 4.04. The Bertz CT molecular complexity index is 1860. The summed E-state index contributed by atoms with van der Waals surface area (Å²) in [6, 6.07) is 22.8. The fourth-order valence-corrected chi connectivity index (χ4v) is 6.26. The number of likely N-dealkylation sites (N-methyl/N-ethyl adjacent to an activating group) is 1. The van der Waals surface area contributed by atoms with Gasteiger partial charge < -0.3 is 9.64 Å². The van der Waals surface area contributed by atoms with Gasteiger partial charge in [-0.15, -0.1) is 0 Å². The molecule has 1 atom stereocenters. The third-order valence-electron chi connectivity index (χ3n) is 6.82. The number of aromatic nitrogens is 1. The van der Waals surface area contributed by atoms with E-state index in [4.69, 9.17) is 21.3 Å². The van der Waals surface area contributed by atoms with E-state index in [1.807, 2.05) is 54.6 Å². The SMILES string of the molecule is CCOC(=O)C1=C(c2ccccc2)N=c2s/c(=C3\C(=O)N(C)c4ccccc43)c(=O)n2[C@@H]1c1ccc(Cl)cc1. The monoisotopic (exact) mass is 555 g/mol. The van der Waals surface area contributed by atoms with Gasteiger partial charge in [0.1, 0.15) is 4.53 Å². The number of amides is 1. The first kappa shape index (κ1) is 25.0. The summed E-state index contributed by atoms with van der Waals surface area (Å²) in [5.74, 6) is -0.836. The summed E-state index contributed by atoms with van der Waals surface area (Å²) in [6.07, 6.45) is 0. The number of hydrogen-bond donors (Lipinski definition) is 0. The third-order valence-corrected chi connectivity index (χ3v) is 8.12. The molecule has 0 fully saturated rings. The molecule has 3 aromatic carbocycles. The first-order valence-electron chi connectivity index (χ1n) is 12.3. The number of benzene rings is 3. The summed E-state index contributed by atoms with van der Waals surface area (Å²) in [5, 5.41) is 0.523. The number of rotatable bonds is 4. The van der Waals surface area contributed by atoms with Gasteiger partial charge >= 0.3 is 5.97 Å². The Labute approximate surface area is 232 Å². The number of esters is 1. The van der Waals surface area contributed by atoms with Crippen molar-refractivity contribution in [1.29, 1.82) is 0 Å². The van der Waals surface area contributed by atoms with E-state index in [0.29, 0.717) is 37.8 Å². The number of halogens is 1. The Morgan fingerprint density at radius 2 is 1.69 bits per heavy atom. The number of anilines is 1. The lowest BCUT2D eigenvalue weighted by Gasteiger charge is -2.26. The zero-order valence-corrected chi connectivity index (χ0v) is 22.6. The predicted octanol–water partition coefficient (Wildman–Crippen LogP) is 3.94. The average molecular weight is 556 g/mol. The number of para-hydroxylation sites is 1. The lowest BCUT2D eigenvalue weighted by Crippen LogP contribution is -2.40. The first-order chi connectivity index (χ1) is 18.9. The van der Waals surface area contributed by atoms with Crippen LogP contribution in [0.3, 0.4) is 0 Å². The standard InChI is InChI=1S/C30H22ClN3O4S/c1-3-38-29(37)23-24(17-9-5-4-6-10-17)32-30-34(25(23)18-13-15-19(31)16-14-18)28(36)26(39-30)22-20-11-7-8-12-21(20)33(2)27(22)35/h4-16,25H,3H2,1-2H3/b26-22-/t25-/m1/s1. The number of nitrogens with zero attached hydrogens (tertiary/aromatic N) is 3. The van der Waals surface area contributed by atoms with Crippen molar-refractivity contribution in [3.05, 3.63) is 126 Å². The van der Waals surface area contributed by atoms with E-state index in [-0.39, 0.29) is 22.6 Å². The molecule has 0 N–H and O–H groups in total. The van der Waals surface area contributed by atoms with Crippen LogP contribution < -0.4 is 19.8 Å². The lowest BCUT2D eigenvalue weighted by atomic mass is 9.93. The molecule has 0 spiro atoms. The van der Waals surface area contributed by atoms with Crippen molar-refractivity contribution in [2.45, 2.75) is 13.0 Å². The molecule has 9 heteroatoms. The number of ether oxygens (including phenoxy) is 1. The zero-order chi connectivity index (χ0) is 27.3. The summed E-state index contributed by atoms with van der Waals surface area (Å²) in [6.45, 7) is 1.89. The maximum absolute atomic E-state index is 14.2. The van der Waals surface area contributed by atoms with Gasteiger partial charge in [0.15, 0.2) is 4.80 Å². The highest BCUT2D eigenvalue weighted by Crippen LogP contribution is 2.37. The van der Waals surface area contributed by atoms with Crippen LogP contribution in [-0.2, 0) is 14.3 Å². The van der Waals surface area contributed by atoms with Crippen LogP contribution in [0.15, 0.2) is 94.2 Å². The van der Waals surface area contributed by atoms with E-state index in [1.54, 1.807) is 43.1 Å². The average Bonchev–Trinajstić information content (AvgIpc) is 3.41. The van der Waals surface area contributed by atoms with Gasteiger partial charge in [-0.1, -0.05) is 83.6 Å². The minimum Gasteiger partial charge on any atom is -0.463 e. The van der Waals surface area contributed by atoms with Crippen molar-refractivity contribution < 1.29 is 14.3 Å². The van der Waals surface area contributed by atoms with E-state index < -0.39 is 17.6 Å². The second-order valence-corrected chi connectivity index (χ2v) is 10.5. The smallest absolute Gasteiger partial charge is 0.338 e. The van der Waals surface area contributed by atoms with Gasteiger partial charge in [-0.05, 0) is 30.7 Å². The molecule has 0 bridgehead atoms. The fourth-order valence-electron chi connectivity index (χ4n) is 5.04. The summed E-state index contributed by atoms with van der Waals surface area (Å²) < 4.78 is 7.25. The Balaban J connectivity index is 1.72. The molecule has 1 amide bonds. The maximum atomic E-state index is 14.2. The molecule has 2 aliphatic heterocycles. The molecule has 194 valence electrons. The number of carbonyl (C=O) groups is 2. The second-order valence-electron chi connectivity index (χ2n) is 9.06. The Morgan fingerprint density at radius 1 is 1.00 bits per heavy atom. The van der Waals surface area contributed by atoms with E-state index in [0.717, 1.165) is 17.0 Å². The van der Waals surface area contributed by atoms with Crippen molar-refractivity contribution in [2.75, 3.05) is 18.6 Å². The Hall–Kier alpha value is -4.27. The van der Waals surface area contributed by atoms with E-state index >= 15 is 0 Å². The van der Waals surface area contributed by atoms with Crippen LogP contribution in [0.4, 0.5) is 5.69 Å². The van der Waals surface area contributed by atoms with Gasteiger partial charge in [0.25, 0.3) is 11.5 Å². The van der Waals surface area contributed by atoms with E-state index in [9.17, 15) is 14.4 Å². The van der Waals surface area contributed by atoms with Crippen molar-refractivity contribution in [2.24, 2.45) is 4.99 Å². The Kier molecular flexibility index (Phi) is 6.29. The molecule has 0 aliphatic carbocycles. The van der Waals surface area contributed by atoms with Gasteiger partial charge in [0, 0.05) is 23.2 Å². The quantitative estimate of drug-likeness (QED) is 0.357. The van der Waals surface area contributed by atoms with E-state index in [1.165, 1.54) is 4.57 Å². The zero-order valence-electron chi connectivity index (χ0n) is 21.1. The highest BCUT2D eigenvalue weighted by atomic mass is 35.5. The van der Waals surface area contributed by atoms with Crippen molar-refractivity contribution in [3.8, 4) is 0 Å². The number of thiazole rings is 1. The molecule has 6 rings (SSSR count). The van der Waals surface area contributed by atoms with Gasteiger partial charge in [-0.25, -0.2) is 9.79 Å². The lowest BCUT2D eigenvalue weighted by molar-refractivity contribution is -0.138. The molecule has 1 aromatic heterocycles. The molecule has 7 nitrogen and oxygen atoms in total. The normalized spacial score (nSPS) is 17.6. The molecular formula is C30H22ClN3O4S. The topological polar surface area (TPSA) is 81.0 Å². The summed E-state index contributed by atoms with van der Waals surface area (Å²) in [5.41, 5.74) is 3.38. The van der Waals surface area contributed by atoms with Crippen molar-refractivity contribution in [1.82, 2.24) is 4.57 Å². The van der Waals surface area contributed by atoms with Crippen LogP contribution >= 0.6 is 22.9 Å². The summed E-state index contributed by atoms with van der Waals surface area (Å²) >= 11 is 7.33. The number of fused-ring (bicyclic) bond motifs is 2. The first-order valence-corrected chi connectivity index (χ1v) is 13.5. The van der Waals surface area contributed by atoms with Crippen molar-refractivity contribution in [3.63, 3.8) is 0 Å².